The van der Waals surface area contributed by atoms with Crippen LogP contribution in [0.1, 0.15) is 0 Å². The second-order valence-electron chi connectivity index (χ2n) is 4.75. The van der Waals surface area contributed by atoms with Gasteiger partial charge in [-0.25, -0.2) is 0 Å². The third-order valence-corrected chi connectivity index (χ3v) is 4.25. The van der Waals surface area contributed by atoms with Crippen molar-refractivity contribution in [3.05, 3.63) is 57.1 Å². The molecule has 106 valence electrons. The predicted octanol–water partition coefficient (Wildman–Crippen LogP) is 4.59. The number of halogens is 2. The van der Waals surface area contributed by atoms with Crippen molar-refractivity contribution in [3.63, 3.8) is 0 Å². The van der Waals surface area contributed by atoms with Gasteiger partial charge in [0.25, 0.3) is 0 Å². The summed E-state index contributed by atoms with van der Waals surface area (Å²) in [6.45, 7) is 0. The topological polar surface area (TPSA) is 43.8 Å². The summed E-state index contributed by atoms with van der Waals surface area (Å²) in [6.07, 6.45) is 0. The lowest BCUT2D eigenvalue weighted by atomic mass is 10.0. The van der Waals surface area contributed by atoms with Crippen LogP contribution in [0.4, 0.5) is 5.82 Å². The van der Waals surface area contributed by atoms with E-state index >= 15 is 0 Å². The Kier molecular flexibility index (Phi) is 3.91. The summed E-state index contributed by atoms with van der Waals surface area (Å²) in [5, 5.41) is 5.28. The quantitative estimate of drug-likeness (QED) is 0.629. The van der Waals surface area contributed by atoms with Crippen LogP contribution in [0.15, 0.2) is 48.5 Å². The molecule has 0 atom stereocenters. The number of nitrogen functional groups attached to an aromatic ring is 1. The fourth-order valence-corrected chi connectivity index (χ4v) is 2.95. The molecule has 0 aliphatic rings. The van der Waals surface area contributed by atoms with Crippen LogP contribution in [-0.4, -0.2) is 9.78 Å². The van der Waals surface area contributed by atoms with Crippen molar-refractivity contribution >= 4 is 40.0 Å². The van der Waals surface area contributed by atoms with E-state index in [1.165, 1.54) is 0 Å². The fourth-order valence-electron chi connectivity index (χ4n) is 2.28. The Morgan fingerprint density at radius 3 is 2.48 bits per heavy atom. The number of aromatic nitrogens is 2. The lowest BCUT2D eigenvalue weighted by Gasteiger charge is -2.05. The molecule has 0 spiro atoms. The Labute approximate surface area is 141 Å². The number of benzene rings is 2. The third-order valence-electron chi connectivity index (χ3n) is 3.32. The fraction of sp³-hybridized carbons (Fsp3) is 0.0625. The van der Waals surface area contributed by atoms with Gasteiger partial charge < -0.3 is 5.73 Å². The Bertz CT molecular complexity index is 794. The molecule has 2 aromatic carbocycles. The molecule has 1 heterocycles. The van der Waals surface area contributed by atoms with E-state index < -0.39 is 0 Å². The van der Waals surface area contributed by atoms with Crippen molar-refractivity contribution in [3.8, 4) is 22.4 Å². The van der Waals surface area contributed by atoms with Gasteiger partial charge >= 0.3 is 0 Å². The minimum atomic E-state index is 0.645. The molecule has 0 fully saturated rings. The summed E-state index contributed by atoms with van der Waals surface area (Å²) >= 11 is 8.26. The molecule has 0 bridgehead atoms. The molecule has 0 saturated carbocycles. The van der Waals surface area contributed by atoms with Gasteiger partial charge in [-0.15, -0.1) is 0 Å². The first-order valence-electron chi connectivity index (χ1n) is 6.40. The summed E-state index contributed by atoms with van der Waals surface area (Å²) in [5.74, 6) is 0.645. The molecular formula is C16H13ClIN3. The van der Waals surface area contributed by atoms with E-state index in [1.54, 1.807) is 4.68 Å². The van der Waals surface area contributed by atoms with Gasteiger partial charge in [-0.3, -0.25) is 4.68 Å². The highest BCUT2D eigenvalue weighted by atomic mass is 127. The molecule has 1 aromatic heterocycles. The minimum Gasteiger partial charge on any atom is -0.383 e. The van der Waals surface area contributed by atoms with Crippen LogP contribution in [0.25, 0.3) is 22.4 Å². The zero-order valence-corrected chi connectivity index (χ0v) is 14.3. The molecule has 2 N–H and O–H groups in total. The van der Waals surface area contributed by atoms with Gasteiger partial charge in [-0.1, -0.05) is 35.9 Å². The molecule has 0 radical (unpaired) electrons. The summed E-state index contributed by atoms with van der Waals surface area (Å²) in [6, 6.07) is 15.9. The van der Waals surface area contributed by atoms with Crippen molar-refractivity contribution in [2.45, 2.75) is 0 Å². The van der Waals surface area contributed by atoms with E-state index in [9.17, 15) is 0 Å². The van der Waals surface area contributed by atoms with Gasteiger partial charge in [0.2, 0.25) is 0 Å². The van der Waals surface area contributed by atoms with Crippen molar-refractivity contribution in [1.82, 2.24) is 9.78 Å². The largest absolute Gasteiger partial charge is 0.383 e. The van der Waals surface area contributed by atoms with E-state index in [2.05, 4.69) is 39.8 Å². The van der Waals surface area contributed by atoms with Gasteiger partial charge in [-0.05, 0) is 52.4 Å². The number of nitrogens with zero attached hydrogens (tertiary/aromatic N) is 2. The number of hydrogen-bond donors (Lipinski definition) is 1. The van der Waals surface area contributed by atoms with Crippen LogP contribution in [0.5, 0.6) is 0 Å². The number of rotatable bonds is 2. The zero-order valence-electron chi connectivity index (χ0n) is 11.3. The Morgan fingerprint density at radius 2 is 1.81 bits per heavy atom. The van der Waals surface area contributed by atoms with Crippen molar-refractivity contribution in [1.29, 1.82) is 0 Å². The van der Waals surface area contributed by atoms with Crippen molar-refractivity contribution in [2.24, 2.45) is 7.05 Å². The predicted molar refractivity (Wildman–Crippen MR) is 96.2 cm³/mol. The van der Waals surface area contributed by atoms with Crippen LogP contribution in [0, 0.1) is 3.57 Å². The van der Waals surface area contributed by atoms with Crippen LogP contribution < -0.4 is 5.73 Å². The second-order valence-corrected chi connectivity index (χ2v) is 6.43. The van der Waals surface area contributed by atoms with Crippen LogP contribution >= 0.6 is 34.2 Å². The van der Waals surface area contributed by atoms with Crippen LogP contribution in [0.3, 0.4) is 0 Å². The van der Waals surface area contributed by atoms with Gasteiger partial charge in [-0.2, -0.15) is 5.10 Å². The molecule has 21 heavy (non-hydrogen) atoms. The summed E-state index contributed by atoms with van der Waals surface area (Å²) in [7, 11) is 1.85. The maximum atomic E-state index is 6.21. The first-order valence-corrected chi connectivity index (χ1v) is 7.86. The van der Waals surface area contributed by atoms with Gasteiger partial charge in [0, 0.05) is 21.2 Å². The number of hydrogen-bond acceptors (Lipinski definition) is 2. The first-order chi connectivity index (χ1) is 10.1. The highest BCUT2D eigenvalue weighted by molar-refractivity contribution is 14.1. The summed E-state index contributed by atoms with van der Waals surface area (Å²) in [5.41, 5.74) is 10.1. The highest BCUT2D eigenvalue weighted by Gasteiger charge is 2.17. The Balaban J connectivity index is 2.23. The molecule has 5 heteroatoms. The molecule has 0 unspecified atom stereocenters. The molecule has 0 saturated heterocycles. The maximum Gasteiger partial charge on any atom is 0.129 e. The average molecular weight is 410 g/mol. The van der Waals surface area contributed by atoms with Crippen LogP contribution in [-0.2, 0) is 7.05 Å². The van der Waals surface area contributed by atoms with E-state index in [0.717, 1.165) is 26.0 Å². The number of nitrogens with two attached hydrogens (primary N) is 1. The normalized spacial score (nSPS) is 10.8. The lowest BCUT2D eigenvalue weighted by Crippen LogP contribution is -1.97. The lowest BCUT2D eigenvalue weighted by molar-refractivity contribution is 0.782. The van der Waals surface area contributed by atoms with Gasteiger partial charge in [0.1, 0.15) is 11.5 Å². The molecule has 3 rings (SSSR count). The monoisotopic (exact) mass is 409 g/mol. The minimum absolute atomic E-state index is 0.645. The van der Waals surface area contributed by atoms with E-state index in [1.807, 2.05) is 43.4 Å². The number of anilines is 1. The SMILES string of the molecule is Cn1nc(-c2cccc(I)c2)c(-c2ccc(Cl)cc2)c1N. The van der Waals surface area contributed by atoms with Crippen molar-refractivity contribution < 1.29 is 0 Å². The van der Waals surface area contributed by atoms with Crippen LogP contribution in [0.2, 0.25) is 5.02 Å². The third kappa shape index (κ3) is 2.78. The molecule has 0 aliphatic carbocycles. The first kappa shape index (κ1) is 14.4. The number of aryl methyl sites for hydroxylation is 1. The van der Waals surface area contributed by atoms with Gasteiger partial charge in [0.15, 0.2) is 0 Å². The highest BCUT2D eigenvalue weighted by Crippen LogP contribution is 2.36. The molecular weight excluding hydrogens is 397 g/mol. The van der Waals surface area contributed by atoms with E-state index in [4.69, 9.17) is 17.3 Å². The van der Waals surface area contributed by atoms with Gasteiger partial charge in [0.05, 0.1) is 5.56 Å². The smallest absolute Gasteiger partial charge is 0.129 e. The van der Waals surface area contributed by atoms with E-state index in [0.29, 0.717) is 10.8 Å². The molecule has 3 nitrogen and oxygen atoms in total. The second kappa shape index (κ2) is 5.69. The molecule has 3 aromatic rings. The summed E-state index contributed by atoms with van der Waals surface area (Å²) in [4.78, 5) is 0. The maximum absolute atomic E-state index is 6.21. The Morgan fingerprint density at radius 1 is 1.10 bits per heavy atom. The summed E-state index contributed by atoms with van der Waals surface area (Å²) < 4.78 is 2.87. The molecule has 0 aliphatic heterocycles. The standard InChI is InChI=1S/C16H13ClIN3/c1-21-16(19)14(10-5-7-12(17)8-6-10)15(20-21)11-3-2-4-13(18)9-11/h2-9H,19H2,1H3. The average Bonchev–Trinajstić information content (AvgIpc) is 2.76. The van der Waals surface area contributed by atoms with Crippen molar-refractivity contribution in [2.75, 3.05) is 5.73 Å². The molecule has 0 amide bonds. The van der Waals surface area contributed by atoms with E-state index in [-0.39, 0.29) is 0 Å². The Hall–Kier alpha value is -1.53. The zero-order chi connectivity index (χ0) is 15.0.